The van der Waals surface area contributed by atoms with Crippen LogP contribution in [0.2, 0.25) is 0 Å². The van der Waals surface area contributed by atoms with Gasteiger partial charge in [0.1, 0.15) is 5.69 Å². The van der Waals surface area contributed by atoms with Crippen LogP contribution in [0.4, 0.5) is 0 Å². The van der Waals surface area contributed by atoms with Gasteiger partial charge in [-0.05, 0) is 70.7 Å². The summed E-state index contributed by atoms with van der Waals surface area (Å²) in [5.41, 5.74) is 4.18. The van der Waals surface area contributed by atoms with Gasteiger partial charge in [0, 0.05) is 44.7 Å². The van der Waals surface area contributed by atoms with Gasteiger partial charge in [-0.25, -0.2) is 0 Å². The minimum atomic E-state index is 0.0355. The van der Waals surface area contributed by atoms with E-state index in [9.17, 15) is 4.79 Å². The van der Waals surface area contributed by atoms with E-state index < -0.39 is 0 Å². The van der Waals surface area contributed by atoms with Crippen molar-refractivity contribution in [1.82, 2.24) is 29.8 Å². The molecule has 2 aromatic heterocycles. The maximum Gasteiger partial charge on any atom is 0.274 e. The first-order valence-corrected chi connectivity index (χ1v) is 10.9. The highest BCUT2D eigenvalue weighted by molar-refractivity contribution is 5.92. The molecule has 1 amide bonds. The molecule has 7 heteroatoms. The summed E-state index contributed by atoms with van der Waals surface area (Å²) in [7, 11) is 8.13. The van der Waals surface area contributed by atoms with Gasteiger partial charge in [0.15, 0.2) is 0 Å². The molecule has 2 aliphatic rings. The second-order valence-corrected chi connectivity index (χ2v) is 9.31. The van der Waals surface area contributed by atoms with E-state index >= 15 is 0 Å². The summed E-state index contributed by atoms with van der Waals surface area (Å²) in [6.45, 7) is 1.73. The Morgan fingerprint density at radius 2 is 1.79 bits per heavy atom. The van der Waals surface area contributed by atoms with Gasteiger partial charge in [-0.2, -0.15) is 10.2 Å². The Morgan fingerprint density at radius 1 is 1.10 bits per heavy atom. The second-order valence-electron chi connectivity index (χ2n) is 9.31. The maximum absolute atomic E-state index is 12.7. The van der Waals surface area contributed by atoms with Crippen molar-refractivity contribution in [2.45, 2.75) is 56.9 Å². The summed E-state index contributed by atoms with van der Waals surface area (Å²) in [4.78, 5) is 16.7. The van der Waals surface area contributed by atoms with E-state index in [4.69, 9.17) is 5.10 Å². The number of aromatic nitrogens is 4. The fraction of sp³-hybridized carbons (Fsp3) is 0.682. The minimum absolute atomic E-state index is 0.0355. The molecule has 0 spiro atoms. The molecule has 0 unspecified atom stereocenters. The van der Waals surface area contributed by atoms with Crippen LogP contribution in [0.5, 0.6) is 0 Å². The number of hydrogen-bond donors (Lipinski definition) is 1. The molecule has 2 saturated carbocycles. The van der Waals surface area contributed by atoms with E-state index in [1.54, 1.807) is 0 Å². The molecule has 7 nitrogen and oxygen atoms in total. The molecule has 29 heavy (non-hydrogen) atoms. The van der Waals surface area contributed by atoms with Crippen molar-refractivity contribution in [2.75, 3.05) is 27.7 Å². The van der Waals surface area contributed by atoms with Crippen molar-refractivity contribution in [2.24, 2.45) is 13.0 Å². The fourth-order valence-electron chi connectivity index (χ4n) is 4.56. The van der Waals surface area contributed by atoms with E-state index in [2.05, 4.69) is 35.3 Å². The number of H-pyrrole nitrogens is 1. The number of aromatic amines is 1. The quantitative estimate of drug-likeness (QED) is 0.778. The van der Waals surface area contributed by atoms with Gasteiger partial charge in [-0.3, -0.25) is 14.6 Å². The number of nitrogens with zero attached hydrogens (tertiary/aromatic N) is 5. The topological polar surface area (TPSA) is 70.1 Å². The molecule has 2 heterocycles. The monoisotopic (exact) mass is 398 g/mol. The van der Waals surface area contributed by atoms with Gasteiger partial charge in [-0.15, -0.1) is 0 Å². The van der Waals surface area contributed by atoms with Gasteiger partial charge >= 0.3 is 0 Å². The first kappa shape index (κ1) is 20.1. The number of aryl methyl sites for hydroxylation is 1. The number of nitrogens with one attached hydrogen (secondary N) is 1. The Balaban J connectivity index is 1.28. The molecule has 0 radical (unpaired) electrons. The number of hydrogen-bond acceptors (Lipinski definition) is 4. The Morgan fingerprint density at radius 3 is 2.45 bits per heavy atom. The molecule has 0 bridgehead atoms. The van der Waals surface area contributed by atoms with Crippen LogP contribution in [0.3, 0.4) is 0 Å². The average molecular weight is 399 g/mol. The molecule has 1 N–H and O–H groups in total. The average Bonchev–Trinajstić information content (AvgIpc) is 3.31. The number of carbonyl (C=O) groups is 1. The largest absolute Gasteiger partial charge is 0.340 e. The van der Waals surface area contributed by atoms with E-state index in [1.165, 1.54) is 24.2 Å². The molecule has 2 aliphatic carbocycles. The van der Waals surface area contributed by atoms with Crippen molar-refractivity contribution in [1.29, 1.82) is 0 Å². The van der Waals surface area contributed by atoms with Crippen LogP contribution in [0.1, 0.15) is 77.9 Å². The van der Waals surface area contributed by atoms with E-state index in [1.807, 2.05) is 29.7 Å². The Kier molecular flexibility index (Phi) is 5.76. The molecule has 2 fully saturated rings. The lowest BCUT2D eigenvalue weighted by Crippen LogP contribution is -2.33. The summed E-state index contributed by atoms with van der Waals surface area (Å²) in [5.74, 6) is 1.73. The summed E-state index contributed by atoms with van der Waals surface area (Å²) in [6.07, 6.45) is 7.02. The van der Waals surface area contributed by atoms with Crippen LogP contribution < -0.4 is 0 Å². The van der Waals surface area contributed by atoms with Crippen molar-refractivity contribution < 1.29 is 4.79 Å². The van der Waals surface area contributed by atoms with Gasteiger partial charge < -0.3 is 9.80 Å². The third-order valence-electron chi connectivity index (χ3n) is 6.45. The lowest BCUT2D eigenvalue weighted by Gasteiger charge is -2.30. The second kappa shape index (κ2) is 8.30. The molecular formula is C22H34N6O. The molecule has 2 aromatic rings. The Labute approximate surface area is 173 Å². The van der Waals surface area contributed by atoms with Gasteiger partial charge in [0.05, 0.1) is 11.4 Å². The van der Waals surface area contributed by atoms with Crippen molar-refractivity contribution in [3.63, 3.8) is 0 Å². The molecule has 0 atom stereocenters. The lowest BCUT2D eigenvalue weighted by atomic mass is 9.80. The Bertz CT molecular complexity index is 841. The molecular weight excluding hydrogens is 364 g/mol. The maximum atomic E-state index is 12.7. The number of carbonyl (C=O) groups excluding carboxylic acids is 1. The highest BCUT2D eigenvalue weighted by atomic mass is 16.2. The van der Waals surface area contributed by atoms with E-state index in [0.29, 0.717) is 23.4 Å². The summed E-state index contributed by atoms with van der Waals surface area (Å²) >= 11 is 0. The molecule has 0 aliphatic heterocycles. The van der Waals surface area contributed by atoms with Gasteiger partial charge in [0.25, 0.3) is 5.91 Å². The zero-order valence-corrected chi connectivity index (χ0v) is 18.2. The van der Waals surface area contributed by atoms with Crippen LogP contribution in [0.25, 0.3) is 0 Å². The molecule has 4 rings (SSSR count). The lowest BCUT2D eigenvalue weighted by molar-refractivity contribution is 0.0752. The zero-order chi connectivity index (χ0) is 20.5. The third-order valence-corrected chi connectivity index (χ3v) is 6.45. The summed E-state index contributed by atoms with van der Waals surface area (Å²) < 4.78 is 2.02. The first-order valence-electron chi connectivity index (χ1n) is 10.9. The SMILES string of the molecule is CN(C)Cc1cc(C2CCC(CN(C)C(=O)c3cc(C4CC4)[nH]n3)CC2)nn1C. The molecule has 158 valence electrons. The van der Waals surface area contributed by atoms with Gasteiger partial charge in [-0.1, -0.05) is 0 Å². The number of rotatable bonds is 7. The summed E-state index contributed by atoms with van der Waals surface area (Å²) in [5, 5.41) is 12.1. The predicted octanol–water partition coefficient (Wildman–Crippen LogP) is 3.13. The van der Waals surface area contributed by atoms with Crippen molar-refractivity contribution in [3.8, 4) is 0 Å². The predicted molar refractivity (Wildman–Crippen MR) is 113 cm³/mol. The van der Waals surface area contributed by atoms with Crippen LogP contribution in [0.15, 0.2) is 12.1 Å². The standard InChI is InChI=1S/C22H34N6O/c1-26(2)14-18-11-20(25-28(18)4)17-7-5-15(6-8-17)13-27(3)22(29)21-12-19(23-24-21)16-9-10-16/h11-12,15-17H,5-10,13-14H2,1-4H3,(H,23,24). The highest BCUT2D eigenvalue weighted by Crippen LogP contribution is 2.39. The van der Waals surface area contributed by atoms with Crippen LogP contribution in [-0.2, 0) is 13.6 Å². The molecule has 0 aromatic carbocycles. The van der Waals surface area contributed by atoms with Gasteiger partial charge in [0.2, 0.25) is 0 Å². The van der Waals surface area contributed by atoms with E-state index in [0.717, 1.165) is 44.5 Å². The summed E-state index contributed by atoms with van der Waals surface area (Å²) in [6, 6.07) is 4.22. The minimum Gasteiger partial charge on any atom is -0.340 e. The van der Waals surface area contributed by atoms with E-state index in [-0.39, 0.29) is 5.91 Å². The van der Waals surface area contributed by atoms with Crippen LogP contribution in [0, 0.1) is 5.92 Å². The molecule has 0 saturated heterocycles. The van der Waals surface area contributed by atoms with Crippen LogP contribution in [-0.4, -0.2) is 63.4 Å². The van der Waals surface area contributed by atoms with Crippen molar-refractivity contribution >= 4 is 5.91 Å². The first-order chi connectivity index (χ1) is 13.9. The highest BCUT2D eigenvalue weighted by Gasteiger charge is 2.29. The number of amides is 1. The normalized spacial score (nSPS) is 22.2. The zero-order valence-electron chi connectivity index (χ0n) is 18.2. The smallest absolute Gasteiger partial charge is 0.274 e. The Hall–Kier alpha value is -2.15. The fourth-order valence-corrected chi connectivity index (χ4v) is 4.56. The third kappa shape index (κ3) is 4.71. The van der Waals surface area contributed by atoms with Crippen molar-refractivity contribution in [3.05, 3.63) is 34.9 Å². The van der Waals surface area contributed by atoms with Crippen LogP contribution >= 0.6 is 0 Å².